The number of nitrogens with zero attached hydrogens (tertiary/aromatic N) is 1. The lowest BCUT2D eigenvalue weighted by Crippen LogP contribution is -2.00. The van der Waals surface area contributed by atoms with E-state index in [1.807, 2.05) is 42.5 Å². The number of rotatable bonds is 3. The zero-order valence-electron chi connectivity index (χ0n) is 11.1. The molecule has 104 valence electrons. The molecular weight excluding hydrogens is 286 g/mol. The highest BCUT2D eigenvalue weighted by Gasteiger charge is 2.10. The summed E-state index contributed by atoms with van der Waals surface area (Å²) < 4.78 is 0. The van der Waals surface area contributed by atoms with Crippen LogP contribution in [-0.4, -0.2) is 16.1 Å². The van der Waals surface area contributed by atoms with E-state index >= 15 is 0 Å². The molecule has 0 atom stereocenters. The fourth-order valence-electron chi connectivity index (χ4n) is 2.26. The molecule has 2 aromatic carbocycles. The van der Waals surface area contributed by atoms with Gasteiger partial charge in [0.25, 0.3) is 0 Å². The SMILES string of the molecule is O=C(O)c1cc(Cc2ccc3ccccc3n2)ccc1Cl. The Morgan fingerprint density at radius 1 is 1.10 bits per heavy atom. The second-order valence-corrected chi connectivity index (χ2v) is 5.20. The summed E-state index contributed by atoms with van der Waals surface area (Å²) in [6.45, 7) is 0. The summed E-state index contributed by atoms with van der Waals surface area (Å²) in [5, 5.41) is 10.4. The van der Waals surface area contributed by atoms with E-state index in [0.717, 1.165) is 22.2 Å². The van der Waals surface area contributed by atoms with Gasteiger partial charge in [-0.15, -0.1) is 0 Å². The van der Waals surface area contributed by atoms with E-state index in [4.69, 9.17) is 16.7 Å². The van der Waals surface area contributed by atoms with Gasteiger partial charge in [-0.05, 0) is 29.8 Å². The maximum absolute atomic E-state index is 11.1. The van der Waals surface area contributed by atoms with Gasteiger partial charge in [0.1, 0.15) is 0 Å². The van der Waals surface area contributed by atoms with Gasteiger partial charge >= 0.3 is 5.97 Å². The Balaban J connectivity index is 1.94. The van der Waals surface area contributed by atoms with Crippen LogP contribution < -0.4 is 0 Å². The van der Waals surface area contributed by atoms with E-state index in [9.17, 15) is 4.79 Å². The Morgan fingerprint density at radius 3 is 2.71 bits per heavy atom. The molecule has 0 aliphatic heterocycles. The molecule has 3 aromatic rings. The van der Waals surface area contributed by atoms with Crippen molar-refractivity contribution in [3.8, 4) is 0 Å². The van der Waals surface area contributed by atoms with Crippen molar-refractivity contribution in [1.29, 1.82) is 0 Å². The predicted molar refractivity (Wildman–Crippen MR) is 83.0 cm³/mol. The summed E-state index contributed by atoms with van der Waals surface area (Å²) in [5.74, 6) is -1.02. The van der Waals surface area contributed by atoms with Crippen LogP contribution in [-0.2, 0) is 6.42 Å². The van der Waals surface area contributed by atoms with Crippen LogP contribution in [0.2, 0.25) is 5.02 Å². The number of para-hydroxylation sites is 1. The molecule has 0 unspecified atom stereocenters. The minimum Gasteiger partial charge on any atom is -0.478 e. The zero-order valence-corrected chi connectivity index (χ0v) is 11.8. The first-order valence-electron chi connectivity index (χ1n) is 6.50. The Kier molecular flexibility index (Phi) is 3.59. The van der Waals surface area contributed by atoms with Crippen LogP contribution in [0.5, 0.6) is 0 Å². The van der Waals surface area contributed by atoms with Gasteiger partial charge in [0.05, 0.1) is 16.1 Å². The van der Waals surface area contributed by atoms with Crippen molar-refractivity contribution >= 4 is 28.5 Å². The third-order valence-corrected chi connectivity index (χ3v) is 3.63. The summed E-state index contributed by atoms with van der Waals surface area (Å²) in [6.07, 6.45) is 0.572. The number of aromatic carboxylic acids is 1. The normalized spacial score (nSPS) is 10.7. The van der Waals surface area contributed by atoms with Crippen LogP contribution in [0.15, 0.2) is 54.6 Å². The van der Waals surface area contributed by atoms with Crippen molar-refractivity contribution in [3.05, 3.63) is 76.4 Å². The second kappa shape index (κ2) is 5.54. The summed E-state index contributed by atoms with van der Waals surface area (Å²) >= 11 is 5.88. The van der Waals surface area contributed by atoms with Crippen molar-refractivity contribution < 1.29 is 9.90 Å². The number of halogens is 1. The molecule has 0 radical (unpaired) electrons. The molecule has 21 heavy (non-hydrogen) atoms. The van der Waals surface area contributed by atoms with Gasteiger partial charge in [-0.2, -0.15) is 0 Å². The first kappa shape index (κ1) is 13.6. The van der Waals surface area contributed by atoms with E-state index < -0.39 is 5.97 Å². The molecule has 0 saturated heterocycles. The number of hydrogen-bond acceptors (Lipinski definition) is 2. The van der Waals surface area contributed by atoms with Crippen LogP contribution in [0.25, 0.3) is 10.9 Å². The lowest BCUT2D eigenvalue weighted by molar-refractivity contribution is 0.0697. The van der Waals surface area contributed by atoms with E-state index in [1.165, 1.54) is 0 Å². The monoisotopic (exact) mass is 297 g/mol. The van der Waals surface area contributed by atoms with Crippen molar-refractivity contribution in [2.75, 3.05) is 0 Å². The summed E-state index contributed by atoms with van der Waals surface area (Å²) in [5.41, 5.74) is 2.82. The Bertz CT molecular complexity index is 830. The molecule has 0 fully saturated rings. The quantitative estimate of drug-likeness (QED) is 0.789. The number of pyridine rings is 1. The Hall–Kier alpha value is -2.39. The predicted octanol–water partition coefficient (Wildman–Crippen LogP) is 4.18. The molecule has 0 aliphatic carbocycles. The summed E-state index contributed by atoms with van der Waals surface area (Å²) in [4.78, 5) is 15.7. The molecule has 0 amide bonds. The van der Waals surface area contributed by atoms with Crippen LogP contribution in [0, 0.1) is 0 Å². The standard InChI is InChI=1S/C17H12ClNO2/c18-15-8-5-11(10-14(15)17(20)21)9-13-7-6-12-3-1-2-4-16(12)19-13/h1-8,10H,9H2,(H,20,21). The molecule has 3 nitrogen and oxygen atoms in total. The van der Waals surface area contributed by atoms with Crippen LogP contribution in [0.4, 0.5) is 0 Å². The van der Waals surface area contributed by atoms with Crippen molar-refractivity contribution in [1.82, 2.24) is 4.98 Å². The van der Waals surface area contributed by atoms with Gasteiger partial charge in [-0.3, -0.25) is 4.98 Å². The molecule has 1 aromatic heterocycles. The van der Waals surface area contributed by atoms with Gasteiger partial charge in [-0.1, -0.05) is 41.9 Å². The molecule has 4 heteroatoms. The van der Waals surface area contributed by atoms with E-state index in [-0.39, 0.29) is 10.6 Å². The molecule has 1 heterocycles. The molecule has 0 saturated carbocycles. The lowest BCUT2D eigenvalue weighted by atomic mass is 10.1. The van der Waals surface area contributed by atoms with Gasteiger partial charge in [-0.25, -0.2) is 4.79 Å². The number of hydrogen-bond donors (Lipinski definition) is 1. The fraction of sp³-hybridized carbons (Fsp3) is 0.0588. The minimum absolute atomic E-state index is 0.120. The molecular formula is C17H12ClNO2. The zero-order chi connectivity index (χ0) is 14.8. The number of carboxylic acids is 1. The van der Waals surface area contributed by atoms with Gasteiger partial charge < -0.3 is 5.11 Å². The van der Waals surface area contributed by atoms with E-state index in [0.29, 0.717) is 6.42 Å². The number of carboxylic acid groups (broad SMARTS) is 1. The molecule has 0 bridgehead atoms. The van der Waals surface area contributed by atoms with Crippen LogP contribution in [0.3, 0.4) is 0 Å². The molecule has 0 aliphatic rings. The van der Waals surface area contributed by atoms with E-state index in [2.05, 4.69) is 4.98 Å². The number of carbonyl (C=O) groups is 1. The second-order valence-electron chi connectivity index (χ2n) is 4.79. The van der Waals surface area contributed by atoms with E-state index in [1.54, 1.807) is 12.1 Å². The minimum atomic E-state index is -1.02. The largest absolute Gasteiger partial charge is 0.478 e. The smallest absolute Gasteiger partial charge is 0.337 e. The van der Waals surface area contributed by atoms with Crippen molar-refractivity contribution in [3.63, 3.8) is 0 Å². The molecule has 0 spiro atoms. The van der Waals surface area contributed by atoms with Crippen LogP contribution in [0.1, 0.15) is 21.6 Å². The lowest BCUT2D eigenvalue weighted by Gasteiger charge is -2.06. The maximum Gasteiger partial charge on any atom is 0.337 e. The fourth-order valence-corrected chi connectivity index (χ4v) is 2.46. The Morgan fingerprint density at radius 2 is 1.90 bits per heavy atom. The molecule has 1 N–H and O–H groups in total. The van der Waals surface area contributed by atoms with Crippen molar-refractivity contribution in [2.24, 2.45) is 0 Å². The number of benzene rings is 2. The summed E-state index contributed by atoms with van der Waals surface area (Å²) in [6, 6.07) is 16.9. The van der Waals surface area contributed by atoms with Crippen LogP contribution >= 0.6 is 11.6 Å². The number of aromatic nitrogens is 1. The topological polar surface area (TPSA) is 50.2 Å². The average Bonchev–Trinajstić information content (AvgIpc) is 2.49. The first-order valence-corrected chi connectivity index (χ1v) is 6.88. The number of fused-ring (bicyclic) bond motifs is 1. The maximum atomic E-state index is 11.1. The summed E-state index contributed by atoms with van der Waals surface area (Å²) in [7, 11) is 0. The first-order chi connectivity index (χ1) is 10.1. The molecule has 3 rings (SSSR count). The van der Waals surface area contributed by atoms with Gasteiger partial charge in [0, 0.05) is 17.5 Å². The third-order valence-electron chi connectivity index (χ3n) is 3.30. The van der Waals surface area contributed by atoms with Gasteiger partial charge in [0.2, 0.25) is 0 Å². The third kappa shape index (κ3) is 2.88. The van der Waals surface area contributed by atoms with Gasteiger partial charge in [0.15, 0.2) is 0 Å². The Labute approximate surface area is 126 Å². The highest BCUT2D eigenvalue weighted by Crippen LogP contribution is 2.20. The average molecular weight is 298 g/mol. The highest BCUT2D eigenvalue weighted by molar-refractivity contribution is 6.33. The van der Waals surface area contributed by atoms with Crippen molar-refractivity contribution in [2.45, 2.75) is 6.42 Å². The highest BCUT2D eigenvalue weighted by atomic mass is 35.5.